The van der Waals surface area contributed by atoms with Crippen molar-refractivity contribution in [2.45, 2.75) is 13.3 Å². The monoisotopic (exact) mass is 425 g/mol. The van der Waals surface area contributed by atoms with Crippen LogP contribution in [0.4, 0.5) is 15.3 Å². The summed E-state index contributed by atoms with van der Waals surface area (Å²) < 4.78 is 13.7. The molecule has 0 atom stereocenters. The lowest BCUT2D eigenvalue weighted by molar-refractivity contribution is -0.117. The molecule has 1 saturated heterocycles. The molecule has 0 spiro atoms. The molecule has 2 aromatic heterocycles. The number of hydrogen-bond acceptors (Lipinski definition) is 6. The summed E-state index contributed by atoms with van der Waals surface area (Å²) in [7, 11) is 0. The third kappa shape index (κ3) is 5.20. The van der Waals surface area contributed by atoms with Crippen LogP contribution in [0.5, 0.6) is 0 Å². The predicted molar refractivity (Wildman–Crippen MR) is 118 cm³/mol. The zero-order valence-corrected chi connectivity index (χ0v) is 17.7. The van der Waals surface area contributed by atoms with E-state index in [1.165, 1.54) is 11.3 Å². The highest BCUT2D eigenvalue weighted by molar-refractivity contribution is 7.15. The fraction of sp³-hybridized carbons (Fsp3) is 0.318. The Kier molecular flexibility index (Phi) is 6.35. The van der Waals surface area contributed by atoms with Crippen molar-refractivity contribution >= 4 is 28.2 Å². The minimum absolute atomic E-state index is 0.0661. The summed E-state index contributed by atoms with van der Waals surface area (Å²) >= 11 is 1.43. The smallest absolute Gasteiger partial charge is 0.240 e. The van der Waals surface area contributed by atoms with E-state index in [0.29, 0.717) is 23.7 Å². The van der Waals surface area contributed by atoms with Gasteiger partial charge in [-0.3, -0.25) is 9.69 Å². The van der Waals surface area contributed by atoms with Crippen LogP contribution in [-0.2, 0) is 11.2 Å². The number of nitrogens with zero attached hydrogens (tertiary/aromatic N) is 4. The second-order valence-corrected chi connectivity index (χ2v) is 8.51. The molecule has 1 aliphatic heterocycles. The molecule has 1 aromatic carbocycles. The summed E-state index contributed by atoms with van der Waals surface area (Å²) in [6.07, 6.45) is 4.14. The third-order valence-electron chi connectivity index (χ3n) is 5.13. The molecule has 3 heterocycles. The molecule has 1 aliphatic rings. The molecule has 6 nitrogen and oxygen atoms in total. The van der Waals surface area contributed by atoms with Gasteiger partial charge in [-0.2, -0.15) is 0 Å². The number of piperazine rings is 1. The number of benzene rings is 1. The van der Waals surface area contributed by atoms with E-state index in [1.807, 2.05) is 24.3 Å². The SMILES string of the molecule is Cc1ccc(Cc2cnc(NC(=O)CN3CCN(c4ccccn4)CC3)s2)cc1F. The number of aryl methyl sites for hydroxylation is 1. The zero-order chi connectivity index (χ0) is 20.9. The van der Waals surface area contributed by atoms with Crippen molar-refractivity contribution in [3.05, 3.63) is 70.6 Å². The summed E-state index contributed by atoms with van der Waals surface area (Å²) in [5.74, 6) is 0.711. The minimum atomic E-state index is -0.200. The number of amides is 1. The molecule has 4 rings (SSSR count). The van der Waals surface area contributed by atoms with E-state index >= 15 is 0 Å². The Balaban J connectivity index is 1.25. The summed E-state index contributed by atoms with van der Waals surface area (Å²) in [6, 6.07) is 11.2. The van der Waals surface area contributed by atoms with E-state index in [4.69, 9.17) is 0 Å². The van der Waals surface area contributed by atoms with Gasteiger partial charge in [-0.05, 0) is 36.2 Å². The van der Waals surface area contributed by atoms with Crippen LogP contribution in [0.2, 0.25) is 0 Å². The maximum Gasteiger partial charge on any atom is 0.240 e. The first kappa shape index (κ1) is 20.4. The topological polar surface area (TPSA) is 61.4 Å². The Bertz CT molecular complexity index is 1000. The number of halogens is 1. The summed E-state index contributed by atoms with van der Waals surface area (Å²) in [5.41, 5.74) is 1.53. The second kappa shape index (κ2) is 9.32. The van der Waals surface area contributed by atoms with Crippen molar-refractivity contribution in [2.24, 2.45) is 0 Å². The first-order valence-electron chi connectivity index (χ1n) is 9.95. The molecule has 1 amide bonds. The molecule has 156 valence electrons. The van der Waals surface area contributed by atoms with Crippen LogP contribution in [0, 0.1) is 12.7 Å². The minimum Gasteiger partial charge on any atom is -0.354 e. The number of pyridine rings is 1. The molecule has 8 heteroatoms. The quantitative estimate of drug-likeness (QED) is 0.656. The Hall–Kier alpha value is -2.84. The van der Waals surface area contributed by atoms with Crippen LogP contribution in [-0.4, -0.2) is 53.5 Å². The molecule has 30 heavy (non-hydrogen) atoms. The van der Waals surface area contributed by atoms with Gasteiger partial charge in [0, 0.05) is 49.9 Å². The second-order valence-electron chi connectivity index (χ2n) is 7.39. The van der Waals surface area contributed by atoms with Gasteiger partial charge in [0.25, 0.3) is 0 Å². The first-order valence-corrected chi connectivity index (χ1v) is 10.8. The number of aromatic nitrogens is 2. The maximum absolute atomic E-state index is 13.7. The van der Waals surface area contributed by atoms with Gasteiger partial charge >= 0.3 is 0 Å². The van der Waals surface area contributed by atoms with Crippen molar-refractivity contribution in [1.29, 1.82) is 0 Å². The normalized spacial score (nSPS) is 14.7. The van der Waals surface area contributed by atoms with Crippen LogP contribution in [0.3, 0.4) is 0 Å². The van der Waals surface area contributed by atoms with Gasteiger partial charge in [-0.1, -0.05) is 18.2 Å². The number of carbonyl (C=O) groups excluding carboxylic acids is 1. The Labute approximate surface area is 179 Å². The van der Waals surface area contributed by atoms with Crippen molar-refractivity contribution in [1.82, 2.24) is 14.9 Å². The standard InChI is InChI=1S/C22H24FN5OS/c1-16-5-6-17(13-19(16)23)12-18-14-25-22(30-18)26-21(29)15-27-8-10-28(11-9-27)20-4-2-3-7-24-20/h2-7,13-14H,8-12,15H2,1H3,(H,25,26,29). The fourth-order valence-corrected chi connectivity index (χ4v) is 4.30. The molecule has 0 saturated carbocycles. The first-order chi connectivity index (χ1) is 14.6. The lowest BCUT2D eigenvalue weighted by Crippen LogP contribution is -2.48. The molecular weight excluding hydrogens is 401 g/mol. The number of anilines is 2. The van der Waals surface area contributed by atoms with Crippen LogP contribution < -0.4 is 10.2 Å². The highest BCUT2D eigenvalue weighted by atomic mass is 32.1. The van der Waals surface area contributed by atoms with E-state index in [2.05, 4.69) is 25.1 Å². The van der Waals surface area contributed by atoms with E-state index in [0.717, 1.165) is 42.4 Å². The van der Waals surface area contributed by atoms with Crippen LogP contribution >= 0.6 is 11.3 Å². The van der Waals surface area contributed by atoms with E-state index in [1.54, 1.807) is 31.5 Å². The van der Waals surface area contributed by atoms with E-state index < -0.39 is 0 Å². The van der Waals surface area contributed by atoms with Crippen molar-refractivity contribution in [3.63, 3.8) is 0 Å². The Morgan fingerprint density at radius 1 is 1.17 bits per heavy atom. The van der Waals surface area contributed by atoms with E-state index in [-0.39, 0.29) is 11.7 Å². The number of hydrogen-bond donors (Lipinski definition) is 1. The van der Waals surface area contributed by atoms with E-state index in [9.17, 15) is 9.18 Å². The molecule has 0 radical (unpaired) electrons. The van der Waals surface area contributed by atoms with Crippen LogP contribution in [0.15, 0.2) is 48.8 Å². The van der Waals surface area contributed by atoms with Gasteiger partial charge < -0.3 is 10.2 Å². The molecular formula is C22H24FN5OS. The highest BCUT2D eigenvalue weighted by Gasteiger charge is 2.20. The Morgan fingerprint density at radius 2 is 2.00 bits per heavy atom. The summed E-state index contributed by atoms with van der Waals surface area (Å²) in [5, 5.41) is 3.46. The average Bonchev–Trinajstić information content (AvgIpc) is 3.18. The molecule has 1 N–H and O–H groups in total. The van der Waals surface area contributed by atoms with Gasteiger partial charge in [-0.15, -0.1) is 11.3 Å². The molecule has 1 fully saturated rings. The predicted octanol–water partition coefficient (Wildman–Crippen LogP) is 3.34. The maximum atomic E-state index is 13.7. The molecule has 3 aromatic rings. The van der Waals surface area contributed by atoms with Crippen molar-refractivity contribution in [3.8, 4) is 0 Å². The number of carbonyl (C=O) groups is 1. The molecule has 0 bridgehead atoms. The zero-order valence-electron chi connectivity index (χ0n) is 16.8. The lowest BCUT2D eigenvalue weighted by atomic mass is 10.1. The summed E-state index contributed by atoms with van der Waals surface area (Å²) in [4.78, 5) is 26.5. The Morgan fingerprint density at radius 3 is 2.73 bits per heavy atom. The van der Waals surface area contributed by atoms with Gasteiger partial charge in [-0.25, -0.2) is 14.4 Å². The van der Waals surface area contributed by atoms with Gasteiger partial charge in [0.15, 0.2) is 5.13 Å². The summed E-state index contributed by atoms with van der Waals surface area (Å²) in [6.45, 7) is 5.40. The van der Waals surface area contributed by atoms with Gasteiger partial charge in [0.1, 0.15) is 11.6 Å². The van der Waals surface area contributed by atoms with Gasteiger partial charge in [0.05, 0.1) is 6.54 Å². The third-order valence-corrected chi connectivity index (χ3v) is 6.04. The number of thiazole rings is 1. The average molecular weight is 426 g/mol. The number of rotatable bonds is 6. The fourth-order valence-electron chi connectivity index (χ4n) is 3.43. The largest absolute Gasteiger partial charge is 0.354 e. The molecule has 0 aliphatic carbocycles. The number of nitrogens with one attached hydrogen (secondary N) is 1. The van der Waals surface area contributed by atoms with Crippen LogP contribution in [0.25, 0.3) is 0 Å². The molecule has 0 unspecified atom stereocenters. The van der Waals surface area contributed by atoms with Gasteiger partial charge in [0.2, 0.25) is 5.91 Å². The lowest BCUT2D eigenvalue weighted by Gasteiger charge is -2.34. The van der Waals surface area contributed by atoms with Crippen molar-refractivity contribution < 1.29 is 9.18 Å². The van der Waals surface area contributed by atoms with Crippen molar-refractivity contribution in [2.75, 3.05) is 42.9 Å². The van der Waals surface area contributed by atoms with Crippen LogP contribution in [0.1, 0.15) is 16.0 Å². The highest BCUT2D eigenvalue weighted by Crippen LogP contribution is 2.22.